The first kappa shape index (κ1) is 22.1. The van der Waals surface area contributed by atoms with Crippen molar-refractivity contribution in [3.05, 3.63) is 40.7 Å². The summed E-state index contributed by atoms with van der Waals surface area (Å²) in [5, 5.41) is 12.5. The molecule has 0 aromatic carbocycles. The summed E-state index contributed by atoms with van der Waals surface area (Å²) in [5.41, 5.74) is 1.98. The molecule has 0 saturated carbocycles. The monoisotopic (exact) mass is 453 g/mol. The molecule has 3 aromatic heterocycles. The highest BCUT2D eigenvalue weighted by atomic mass is 32.2. The van der Waals surface area contributed by atoms with Gasteiger partial charge in [0.25, 0.3) is 0 Å². The van der Waals surface area contributed by atoms with Crippen LogP contribution in [0.25, 0.3) is 10.2 Å². The molecule has 152 valence electrons. The molecule has 0 aliphatic carbocycles. The van der Waals surface area contributed by atoms with E-state index in [0.29, 0.717) is 10.8 Å². The smallest absolute Gasteiger partial charge is 0.475 e. The number of nitrogens with zero attached hydrogens (tertiary/aromatic N) is 1. The van der Waals surface area contributed by atoms with E-state index in [9.17, 15) is 21.6 Å². The van der Waals surface area contributed by atoms with Gasteiger partial charge in [0.15, 0.2) is 0 Å². The van der Waals surface area contributed by atoms with Crippen molar-refractivity contribution in [2.75, 3.05) is 12.4 Å². The van der Waals surface area contributed by atoms with Crippen LogP contribution in [-0.2, 0) is 21.4 Å². The standard InChI is InChI=1S/C13H13N3O2S3.C2HF3O2/c1-14-21(17,18)12-3-2-9(20-12)8-16-10-4-6-15-11-5-7-19-13(10)11;3-2(4,5)1(6)7/h2-7,14H,8H2,1H3,(H,15,16);(H,6,7). The Hall–Kier alpha value is -2.22. The lowest BCUT2D eigenvalue weighted by molar-refractivity contribution is -0.192. The van der Waals surface area contributed by atoms with Gasteiger partial charge in [0.1, 0.15) is 4.21 Å². The Bertz CT molecular complexity index is 1060. The molecule has 0 saturated heterocycles. The van der Waals surface area contributed by atoms with E-state index < -0.39 is 22.2 Å². The van der Waals surface area contributed by atoms with E-state index in [2.05, 4.69) is 15.0 Å². The summed E-state index contributed by atoms with van der Waals surface area (Å²) < 4.78 is 58.9. The maximum absolute atomic E-state index is 11.7. The van der Waals surface area contributed by atoms with Crippen LogP contribution in [-0.4, -0.2) is 37.7 Å². The first-order valence-corrected chi connectivity index (χ1v) is 10.6. The van der Waals surface area contributed by atoms with Crippen molar-refractivity contribution >= 4 is 54.6 Å². The lowest BCUT2D eigenvalue weighted by Gasteiger charge is -2.05. The van der Waals surface area contributed by atoms with Gasteiger partial charge in [-0.05, 0) is 36.7 Å². The van der Waals surface area contributed by atoms with Crippen molar-refractivity contribution < 1.29 is 31.5 Å². The molecule has 28 heavy (non-hydrogen) atoms. The highest BCUT2D eigenvalue weighted by Gasteiger charge is 2.38. The number of halogens is 3. The minimum absolute atomic E-state index is 0.331. The number of sulfonamides is 1. The van der Waals surface area contributed by atoms with Crippen LogP contribution in [0.3, 0.4) is 0 Å². The number of carbonyl (C=O) groups is 1. The van der Waals surface area contributed by atoms with Crippen LogP contribution in [0, 0.1) is 0 Å². The number of thiophene rings is 2. The van der Waals surface area contributed by atoms with Crippen LogP contribution >= 0.6 is 22.7 Å². The van der Waals surface area contributed by atoms with Gasteiger partial charge in [0.2, 0.25) is 10.0 Å². The van der Waals surface area contributed by atoms with E-state index in [1.807, 2.05) is 23.6 Å². The lowest BCUT2D eigenvalue weighted by Crippen LogP contribution is -2.21. The topological polar surface area (TPSA) is 108 Å². The Kier molecular flexibility index (Phi) is 6.98. The van der Waals surface area contributed by atoms with Gasteiger partial charge in [-0.25, -0.2) is 17.9 Å². The number of carboxylic acids is 1. The van der Waals surface area contributed by atoms with Crippen LogP contribution in [0.4, 0.5) is 18.9 Å². The second-order valence-corrected chi connectivity index (χ2v) is 9.28. The van der Waals surface area contributed by atoms with Gasteiger partial charge < -0.3 is 10.4 Å². The number of alkyl halides is 3. The summed E-state index contributed by atoms with van der Waals surface area (Å²) in [6, 6.07) is 7.36. The van der Waals surface area contributed by atoms with E-state index in [0.717, 1.165) is 20.8 Å². The van der Waals surface area contributed by atoms with Crippen molar-refractivity contribution in [3.8, 4) is 0 Å². The predicted octanol–water partition coefficient (Wildman–Crippen LogP) is 3.51. The SMILES string of the molecule is CNS(=O)(=O)c1ccc(CNc2ccnc3ccsc23)s1.O=C(O)C(F)(F)F. The molecule has 0 bridgehead atoms. The summed E-state index contributed by atoms with van der Waals surface area (Å²) in [6.07, 6.45) is -3.32. The van der Waals surface area contributed by atoms with Crippen LogP contribution in [0.15, 0.2) is 40.1 Å². The molecular formula is C15H14F3N3O4S3. The Labute approximate surface area is 165 Å². The fourth-order valence-corrected chi connectivity index (χ4v) is 4.87. The third kappa shape index (κ3) is 5.64. The average molecular weight is 453 g/mol. The maximum Gasteiger partial charge on any atom is 0.490 e. The van der Waals surface area contributed by atoms with Crippen LogP contribution < -0.4 is 10.0 Å². The molecule has 0 radical (unpaired) electrons. The van der Waals surface area contributed by atoms with Crippen molar-refractivity contribution in [3.63, 3.8) is 0 Å². The van der Waals surface area contributed by atoms with Gasteiger partial charge >= 0.3 is 12.1 Å². The quantitative estimate of drug-likeness (QED) is 0.546. The number of hydrogen-bond donors (Lipinski definition) is 3. The number of anilines is 1. The number of fused-ring (bicyclic) bond motifs is 1. The zero-order chi connectivity index (χ0) is 20.9. The summed E-state index contributed by atoms with van der Waals surface area (Å²) in [7, 11) is -1.94. The molecule has 3 rings (SSSR count). The number of aromatic nitrogens is 1. The fourth-order valence-electron chi connectivity index (χ4n) is 1.89. The highest BCUT2D eigenvalue weighted by Crippen LogP contribution is 2.28. The number of nitrogens with one attached hydrogen (secondary N) is 2. The van der Waals surface area contributed by atoms with Crippen LogP contribution in [0.5, 0.6) is 0 Å². The van der Waals surface area contributed by atoms with E-state index in [1.165, 1.54) is 18.4 Å². The number of pyridine rings is 1. The molecule has 3 aromatic rings. The van der Waals surface area contributed by atoms with Gasteiger partial charge in [-0.3, -0.25) is 4.98 Å². The average Bonchev–Trinajstić information content (AvgIpc) is 3.29. The Morgan fingerprint density at radius 3 is 2.54 bits per heavy atom. The van der Waals surface area contributed by atoms with Gasteiger partial charge in [0.05, 0.1) is 15.9 Å². The normalized spacial score (nSPS) is 11.7. The molecule has 0 amide bonds. The third-order valence-electron chi connectivity index (χ3n) is 3.21. The summed E-state index contributed by atoms with van der Waals surface area (Å²) in [4.78, 5) is 14.1. The second kappa shape index (κ2) is 8.86. The zero-order valence-corrected chi connectivity index (χ0v) is 16.6. The molecule has 0 aliphatic rings. The molecule has 3 N–H and O–H groups in total. The van der Waals surface area contributed by atoms with Crippen molar-refractivity contribution in [2.24, 2.45) is 0 Å². The van der Waals surface area contributed by atoms with E-state index in [-0.39, 0.29) is 0 Å². The number of carboxylic acid groups (broad SMARTS) is 1. The maximum atomic E-state index is 11.7. The first-order valence-electron chi connectivity index (χ1n) is 7.43. The van der Waals surface area contributed by atoms with Crippen molar-refractivity contribution in [2.45, 2.75) is 16.9 Å². The predicted molar refractivity (Wildman–Crippen MR) is 101 cm³/mol. The zero-order valence-electron chi connectivity index (χ0n) is 14.1. The number of aliphatic carboxylic acids is 1. The van der Waals surface area contributed by atoms with E-state index in [1.54, 1.807) is 23.6 Å². The Morgan fingerprint density at radius 2 is 1.93 bits per heavy atom. The Balaban J connectivity index is 0.000000345. The molecule has 0 atom stereocenters. The highest BCUT2D eigenvalue weighted by molar-refractivity contribution is 7.91. The number of rotatable bonds is 5. The summed E-state index contributed by atoms with van der Waals surface area (Å²) >= 11 is 2.90. The Morgan fingerprint density at radius 1 is 1.25 bits per heavy atom. The first-order chi connectivity index (χ1) is 13.0. The van der Waals surface area contributed by atoms with Crippen LogP contribution in [0.1, 0.15) is 4.88 Å². The third-order valence-corrected chi connectivity index (χ3v) is 7.14. The number of hydrogen-bond acceptors (Lipinski definition) is 7. The van der Waals surface area contributed by atoms with E-state index >= 15 is 0 Å². The molecule has 0 aliphatic heterocycles. The molecule has 0 fully saturated rings. The molecule has 3 heterocycles. The van der Waals surface area contributed by atoms with Crippen molar-refractivity contribution in [1.29, 1.82) is 0 Å². The fraction of sp³-hybridized carbons (Fsp3) is 0.200. The van der Waals surface area contributed by atoms with Gasteiger partial charge in [0, 0.05) is 17.6 Å². The lowest BCUT2D eigenvalue weighted by atomic mass is 10.3. The van der Waals surface area contributed by atoms with Gasteiger partial charge in [-0.1, -0.05) is 0 Å². The summed E-state index contributed by atoms with van der Waals surface area (Å²) in [6.45, 7) is 0.584. The molecule has 13 heteroatoms. The largest absolute Gasteiger partial charge is 0.490 e. The minimum Gasteiger partial charge on any atom is -0.475 e. The molecule has 7 nitrogen and oxygen atoms in total. The minimum atomic E-state index is -5.08. The molecule has 0 unspecified atom stereocenters. The van der Waals surface area contributed by atoms with Crippen LogP contribution in [0.2, 0.25) is 0 Å². The van der Waals surface area contributed by atoms with Crippen molar-refractivity contribution in [1.82, 2.24) is 9.71 Å². The molecule has 0 spiro atoms. The molecular weight excluding hydrogens is 439 g/mol. The second-order valence-electron chi connectivity index (χ2n) is 5.08. The van der Waals surface area contributed by atoms with E-state index in [4.69, 9.17) is 9.90 Å². The summed E-state index contributed by atoms with van der Waals surface area (Å²) in [5.74, 6) is -2.76. The van der Waals surface area contributed by atoms with Gasteiger partial charge in [-0.2, -0.15) is 13.2 Å². The van der Waals surface area contributed by atoms with Gasteiger partial charge in [-0.15, -0.1) is 22.7 Å².